The van der Waals surface area contributed by atoms with Crippen LogP contribution in [0.3, 0.4) is 0 Å². The van der Waals surface area contributed by atoms with Crippen LogP contribution in [0.5, 0.6) is 0 Å². The summed E-state index contributed by atoms with van der Waals surface area (Å²) in [5.41, 5.74) is -0.939. The summed E-state index contributed by atoms with van der Waals surface area (Å²) in [6, 6.07) is 29.1. The van der Waals surface area contributed by atoms with Gasteiger partial charge in [0, 0.05) is 51.4 Å². The first kappa shape index (κ1) is 36.5. The molecule has 0 atom stereocenters. The van der Waals surface area contributed by atoms with Gasteiger partial charge in [-0.1, -0.05) is 100 Å². The van der Waals surface area contributed by atoms with Crippen LogP contribution in [0.1, 0.15) is 16.7 Å². The molecule has 0 spiro atoms. The summed E-state index contributed by atoms with van der Waals surface area (Å²) in [7, 11) is 0. The molecule has 0 radical (unpaired) electrons. The minimum atomic E-state index is -5.69. The zero-order valence-electron chi connectivity index (χ0n) is 25.6. The summed E-state index contributed by atoms with van der Waals surface area (Å²) < 4.78 is 93.0. The SMILES string of the molecule is Cc1ccc(Cl)cc1.FC1(F)C(c2csc(-c3ccc(Cl)cc3)c2)=C(c2cc(-c3ccc(Cl)cc3)sc2-c2ccc(Cl)cc2)C(F)(F)C1(F)F. The van der Waals surface area contributed by atoms with E-state index in [-0.39, 0.29) is 4.88 Å². The van der Waals surface area contributed by atoms with Crippen LogP contribution in [0.25, 0.3) is 42.5 Å². The Morgan fingerprint density at radius 2 is 0.900 bits per heavy atom. The smallest absolute Gasteiger partial charge is 0.194 e. The quantitative estimate of drug-likeness (QED) is 0.152. The Morgan fingerprint density at radius 1 is 0.480 bits per heavy atom. The maximum absolute atomic E-state index is 15.8. The summed E-state index contributed by atoms with van der Waals surface area (Å²) in [5, 5.41) is 3.21. The van der Waals surface area contributed by atoms with Crippen LogP contribution < -0.4 is 0 Å². The van der Waals surface area contributed by atoms with Gasteiger partial charge in [-0.3, -0.25) is 0 Å². The highest BCUT2D eigenvalue weighted by atomic mass is 35.5. The second-order valence-electron chi connectivity index (χ2n) is 11.3. The third kappa shape index (κ3) is 6.86. The van der Waals surface area contributed by atoms with Crippen molar-refractivity contribution in [2.24, 2.45) is 0 Å². The summed E-state index contributed by atoms with van der Waals surface area (Å²) in [6.07, 6.45) is 0. The number of rotatable bonds is 5. The molecule has 0 aliphatic heterocycles. The average Bonchev–Trinajstić information content (AvgIpc) is 3.76. The number of allylic oxidation sites excluding steroid dienone is 2. The van der Waals surface area contributed by atoms with Crippen LogP contribution in [0.2, 0.25) is 20.1 Å². The molecule has 4 aromatic carbocycles. The maximum atomic E-state index is 15.8. The van der Waals surface area contributed by atoms with Gasteiger partial charge in [0.05, 0.1) is 0 Å². The molecule has 7 rings (SSSR count). The predicted molar refractivity (Wildman–Crippen MR) is 198 cm³/mol. The van der Waals surface area contributed by atoms with Gasteiger partial charge in [-0.2, -0.15) is 26.3 Å². The average molecular weight is 799 g/mol. The van der Waals surface area contributed by atoms with Crippen molar-refractivity contribution >= 4 is 80.2 Å². The predicted octanol–water partition coefficient (Wildman–Crippen LogP) is 15.2. The largest absolute Gasteiger partial charge is 0.380 e. The van der Waals surface area contributed by atoms with E-state index >= 15 is 26.3 Å². The number of benzene rings is 4. The van der Waals surface area contributed by atoms with Crippen molar-refractivity contribution in [2.45, 2.75) is 24.7 Å². The highest BCUT2D eigenvalue weighted by molar-refractivity contribution is 7.19. The van der Waals surface area contributed by atoms with Gasteiger partial charge in [0.1, 0.15) is 0 Å². The molecule has 0 saturated heterocycles. The van der Waals surface area contributed by atoms with E-state index < -0.39 is 40.0 Å². The molecule has 0 nitrogen and oxygen atoms in total. The molecule has 2 aromatic heterocycles. The van der Waals surface area contributed by atoms with E-state index in [1.807, 2.05) is 31.2 Å². The van der Waals surface area contributed by atoms with Crippen molar-refractivity contribution in [3.05, 3.63) is 151 Å². The molecule has 1 aliphatic carbocycles. The van der Waals surface area contributed by atoms with Crippen LogP contribution in [-0.2, 0) is 0 Å². The second-order valence-corrected chi connectivity index (χ2v) is 15.1. The summed E-state index contributed by atoms with van der Waals surface area (Å²) in [6.45, 7) is 2.04. The number of hydrogen-bond acceptors (Lipinski definition) is 2. The molecular formula is C38H22Cl4F6S2. The lowest BCUT2D eigenvalue weighted by atomic mass is 9.94. The minimum absolute atomic E-state index is 0.116. The van der Waals surface area contributed by atoms with Gasteiger partial charge < -0.3 is 0 Å². The Bertz CT molecular complexity index is 2150. The molecular weight excluding hydrogens is 776 g/mol. The van der Waals surface area contributed by atoms with Gasteiger partial charge >= 0.3 is 17.8 Å². The molecule has 0 fully saturated rings. The molecule has 6 aromatic rings. The van der Waals surface area contributed by atoms with Crippen LogP contribution in [0.4, 0.5) is 26.3 Å². The van der Waals surface area contributed by atoms with Crippen molar-refractivity contribution in [1.29, 1.82) is 0 Å². The van der Waals surface area contributed by atoms with E-state index in [0.717, 1.165) is 27.7 Å². The summed E-state index contributed by atoms with van der Waals surface area (Å²) >= 11 is 25.6. The molecule has 256 valence electrons. The van der Waals surface area contributed by atoms with E-state index in [2.05, 4.69) is 0 Å². The Morgan fingerprint density at radius 3 is 1.38 bits per heavy atom. The molecule has 1 aliphatic rings. The zero-order chi connectivity index (χ0) is 36.0. The molecule has 0 saturated carbocycles. The number of hydrogen-bond donors (Lipinski definition) is 0. The van der Waals surface area contributed by atoms with E-state index in [0.29, 0.717) is 41.5 Å². The van der Waals surface area contributed by atoms with Gasteiger partial charge in [-0.25, -0.2) is 0 Å². The lowest BCUT2D eigenvalue weighted by Gasteiger charge is -2.25. The number of halogens is 10. The maximum Gasteiger partial charge on any atom is 0.380 e. The minimum Gasteiger partial charge on any atom is -0.194 e. The second kappa shape index (κ2) is 14.1. The van der Waals surface area contributed by atoms with E-state index in [4.69, 9.17) is 46.4 Å². The topological polar surface area (TPSA) is 0 Å². The molecule has 2 heterocycles. The molecule has 12 heteroatoms. The highest BCUT2D eigenvalue weighted by Gasteiger charge is 2.80. The van der Waals surface area contributed by atoms with E-state index in [1.54, 1.807) is 48.5 Å². The van der Waals surface area contributed by atoms with Crippen molar-refractivity contribution < 1.29 is 26.3 Å². The van der Waals surface area contributed by atoms with Gasteiger partial charge in [0.2, 0.25) is 0 Å². The molecule has 0 unspecified atom stereocenters. The van der Waals surface area contributed by atoms with Crippen LogP contribution in [0, 0.1) is 6.92 Å². The van der Waals surface area contributed by atoms with Crippen LogP contribution in [-0.4, -0.2) is 17.8 Å². The monoisotopic (exact) mass is 796 g/mol. The molecule has 0 amide bonds. The molecule has 0 N–H and O–H groups in total. The Hall–Kier alpha value is -3.24. The fourth-order valence-corrected chi connectivity index (χ4v) is 7.96. The number of thiophene rings is 2. The normalized spacial score (nSPS) is 15.9. The van der Waals surface area contributed by atoms with Crippen LogP contribution >= 0.6 is 69.1 Å². The highest BCUT2D eigenvalue weighted by Crippen LogP contribution is 2.66. The van der Waals surface area contributed by atoms with Gasteiger partial charge in [0.15, 0.2) is 0 Å². The van der Waals surface area contributed by atoms with Crippen molar-refractivity contribution in [3.63, 3.8) is 0 Å². The molecule has 50 heavy (non-hydrogen) atoms. The summed E-state index contributed by atoms with van der Waals surface area (Å²) in [4.78, 5) is 0.943. The van der Waals surface area contributed by atoms with Crippen LogP contribution in [0.15, 0.2) is 115 Å². The third-order valence-corrected chi connectivity index (χ3v) is 11.2. The molecule has 0 bridgehead atoms. The Balaban J connectivity index is 0.000000477. The van der Waals surface area contributed by atoms with Gasteiger partial charge in [-0.15, -0.1) is 22.7 Å². The first-order valence-corrected chi connectivity index (χ1v) is 17.9. The lowest BCUT2D eigenvalue weighted by Crippen LogP contribution is -2.48. The number of alkyl halides is 6. The Kier molecular flexibility index (Phi) is 10.3. The standard InChI is InChI=1S/C31H15Cl3F6S2.C7H7Cl/c32-20-7-1-16(2-8-20)24-13-19(15-41-24)26-27(30(37,38)31(39,40)29(26,35)36)23-14-25(17-3-9-21(33)10-4-17)42-28(23)18-5-11-22(34)12-6-18;1-6-2-4-7(8)5-3-6/h1-15H;2-5H,1H3. The first-order chi connectivity index (χ1) is 23.6. The van der Waals surface area contributed by atoms with Crippen molar-refractivity contribution in [2.75, 3.05) is 0 Å². The van der Waals surface area contributed by atoms with E-state index in [1.165, 1.54) is 47.3 Å². The van der Waals surface area contributed by atoms with Gasteiger partial charge in [0.25, 0.3) is 0 Å². The fourth-order valence-electron chi connectivity index (χ4n) is 5.37. The van der Waals surface area contributed by atoms with E-state index in [9.17, 15) is 0 Å². The fraction of sp³-hybridized carbons (Fsp3) is 0.105. The lowest BCUT2D eigenvalue weighted by molar-refractivity contribution is -0.254. The van der Waals surface area contributed by atoms with Gasteiger partial charge in [-0.05, 0) is 95.2 Å². The Labute approximate surface area is 312 Å². The van der Waals surface area contributed by atoms with Crippen molar-refractivity contribution in [3.8, 4) is 31.3 Å². The van der Waals surface area contributed by atoms with Crippen molar-refractivity contribution in [1.82, 2.24) is 0 Å². The summed E-state index contributed by atoms with van der Waals surface area (Å²) in [5.74, 6) is -16.1. The third-order valence-electron chi connectivity index (χ3n) is 7.93. The number of aryl methyl sites for hydroxylation is 1. The first-order valence-electron chi connectivity index (χ1n) is 14.7. The zero-order valence-corrected chi connectivity index (χ0v) is 30.2.